The number of nitrogens with zero attached hydrogens (tertiary/aromatic N) is 2. The van der Waals surface area contributed by atoms with Crippen LogP contribution in [0, 0.1) is 6.92 Å². The van der Waals surface area contributed by atoms with E-state index in [1.807, 2.05) is 31.7 Å². The van der Waals surface area contributed by atoms with Gasteiger partial charge in [-0.2, -0.15) is 0 Å². The van der Waals surface area contributed by atoms with Crippen LogP contribution >= 0.6 is 0 Å². The monoisotopic (exact) mass is 231 g/mol. The van der Waals surface area contributed by atoms with Crippen molar-refractivity contribution in [3.8, 4) is 11.4 Å². The highest BCUT2D eigenvalue weighted by molar-refractivity contribution is 5.56. The standard InChI is InChI=1S/C12H15N3.C2H6/c1-9-3-5-10(6-4-9)12-14-11(7-13)8-15(12)2;1-2/h3-6,8H,7,13H2,1-2H3;1-2H3. The van der Waals surface area contributed by atoms with E-state index in [1.54, 1.807) is 0 Å². The van der Waals surface area contributed by atoms with Crippen LogP contribution < -0.4 is 5.73 Å². The van der Waals surface area contributed by atoms with Gasteiger partial charge in [-0.15, -0.1) is 0 Å². The van der Waals surface area contributed by atoms with Crippen LogP contribution in [0.3, 0.4) is 0 Å². The van der Waals surface area contributed by atoms with Crippen molar-refractivity contribution in [1.82, 2.24) is 9.55 Å². The van der Waals surface area contributed by atoms with Crippen molar-refractivity contribution in [3.63, 3.8) is 0 Å². The molecule has 0 aliphatic rings. The molecule has 2 N–H and O–H groups in total. The van der Waals surface area contributed by atoms with Crippen LogP contribution in [0.15, 0.2) is 30.5 Å². The second-order valence-corrected chi connectivity index (χ2v) is 3.74. The molecule has 2 rings (SSSR count). The van der Waals surface area contributed by atoms with Crippen molar-refractivity contribution < 1.29 is 0 Å². The Morgan fingerprint density at radius 1 is 1.18 bits per heavy atom. The highest BCUT2D eigenvalue weighted by Gasteiger charge is 2.05. The van der Waals surface area contributed by atoms with Crippen LogP contribution in [0.4, 0.5) is 0 Å². The molecule has 0 unspecified atom stereocenters. The molecule has 3 heteroatoms. The van der Waals surface area contributed by atoms with Crippen LogP contribution in [0.2, 0.25) is 0 Å². The first-order valence-corrected chi connectivity index (χ1v) is 6.00. The molecule has 2 aromatic rings. The molecule has 17 heavy (non-hydrogen) atoms. The lowest BCUT2D eigenvalue weighted by atomic mass is 10.1. The van der Waals surface area contributed by atoms with E-state index >= 15 is 0 Å². The number of hydrogen-bond donors (Lipinski definition) is 1. The van der Waals surface area contributed by atoms with Crippen LogP contribution in [-0.2, 0) is 13.6 Å². The van der Waals surface area contributed by atoms with Gasteiger partial charge >= 0.3 is 0 Å². The van der Waals surface area contributed by atoms with Crippen LogP contribution in [0.5, 0.6) is 0 Å². The molecule has 92 valence electrons. The van der Waals surface area contributed by atoms with E-state index in [4.69, 9.17) is 5.73 Å². The zero-order valence-corrected chi connectivity index (χ0v) is 11.1. The normalized spacial score (nSPS) is 9.71. The Morgan fingerprint density at radius 2 is 1.76 bits per heavy atom. The van der Waals surface area contributed by atoms with Gasteiger partial charge < -0.3 is 10.3 Å². The Morgan fingerprint density at radius 3 is 2.24 bits per heavy atom. The summed E-state index contributed by atoms with van der Waals surface area (Å²) in [7, 11) is 1.99. The fourth-order valence-corrected chi connectivity index (χ4v) is 1.60. The van der Waals surface area contributed by atoms with E-state index in [0.29, 0.717) is 6.54 Å². The zero-order valence-electron chi connectivity index (χ0n) is 11.1. The Kier molecular flexibility index (Phi) is 4.91. The molecule has 0 fully saturated rings. The van der Waals surface area contributed by atoms with Gasteiger partial charge in [0.2, 0.25) is 0 Å². The molecule has 1 aromatic carbocycles. The second kappa shape index (κ2) is 6.21. The summed E-state index contributed by atoms with van der Waals surface area (Å²) < 4.78 is 2.01. The van der Waals surface area contributed by atoms with Gasteiger partial charge in [-0.3, -0.25) is 0 Å². The van der Waals surface area contributed by atoms with Crippen molar-refractivity contribution >= 4 is 0 Å². The molecule has 0 saturated carbocycles. The highest BCUT2D eigenvalue weighted by Crippen LogP contribution is 2.18. The first-order chi connectivity index (χ1) is 8.20. The van der Waals surface area contributed by atoms with Gasteiger partial charge in [-0.05, 0) is 6.92 Å². The van der Waals surface area contributed by atoms with Gasteiger partial charge in [0.15, 0.2) is 0 Å². The number of rotatable bonds is 2. The van der Waals surface area contributed by atoms with Crippen LogP contribution in [0.1, 0.15) is 25.1 Å². The lowest BCUT2D eigenvalue weighted by Crippen LogP contribution is -1.95. The maximum Gasteiger partial charge on any atom is 0.140 e. The van der Waals surface area contributed by atoms with Gasteiger partial charge in [-0.25, -0.2) is 4.98 Å². The summed E-state index contributed by atoms with van der Waals surface area (Å²) in [6.45, 7) is 6.56. The summed E-state index contributed by atoms with van der Waals surface area (Å²) >= 11 is 0. The predicted octanol–water partition coefficient (Wildman–Crippen LogP) is 2.88. The lowest BCUT2D eigenvalue weighted by molar-refractivity contribution is 0.921. The summed E-state index contributed by atoms with van der Waals surface area (Å²) in [5, 5.41) is 0. The Labute approximate surface area is 103 Å². The molecular formula is C14H21N3. The van der Waals surface area contributed by atoms with E-state index in [0.717, 1.165) is 17.1 Å². The largest absolute Gasteiger partial charge is 0.334 e. The molecule has 0 atom stereocenters. The number of hydrogen-bond acceptors (Lipinski definition) is 2. The van der Waals surface area contributed by atoms with Crippen molar-refractivity contribution in [3.05, 3.63) is 41.7 Å². The number of aryl methyl sites for hydroxylation is 2. The molecule has 0 aliphatic heterocycles. The predicted molar refractivity (Wildman–Crippen MR) is 72.6 cm³/mol. The quantitative estimate of drug-likeness (QED) is 0.863. The van der Waals surface area contributed by atoms with E-state index in [-0.39, 0.29) is 0 Å². The lowest BCUT2D eigenvalue weighted by Gasteiger charge is -2.01. The van der Waals surface area contributed by atoms with Gasteiger partial charge in [0.25, 0.3) is 0 Å². The van der Waals surface area contributed by atoms with Gasteiger partial charge in [0.05, 0.1) is 5.69 Å². The highest BCUT2D eigenvalue weighted by atomic mass is 15.0. The molecule has 3 nitrogen and oxygen atoms in total. The van der Waals surface area contributed by atoms with E-state index in [2.05, 4.69) is 36.2 Å². The first-order valence-electron chi connectivity index (χ1n) is 6.00. The third kappa shape index (κ3) is 3.17. The molecular weight excluding hydrogens is 210 g/mol. The molecule has 0 radical (unpaired) electrons. The molecule has 1 heterocycles. The minimum atomic E-state index is 0.486. The third-order valence-electron chi connectivity index (χ3n) is 2.45. The number of nitrogens with two attached hydrogens (primary N) is 1. The number of imidazole rings is 1. The second-order valence-electron chi connectivity index (χ2n) is 3.74. The third-order valence-corrected chi connectivity index (χ3v) is 2.45. The van der Waals surface area contributed by atoms with Crippen molar-refractivity contribution in [1.29, 1.82) is 0 Å². The summed E-state index contributed by atoms with van der Waals surface area (Å²) in [6, 6.07) is 8.34. The Balaban J connectivity index is 0.000000686. The Hall–Kier alpha value is -1.61. The first kappa shape index (κ1) is 13.5. The minimum absolute atomic E-state index is 0.486. The topological polar surface area (TPSA) is 43.8 Å². The van der Waals surface area contributed by atoms with E-state index in [1.165, 1.54) is 5.56 Å². The molecule has 0 saturated heterocycles. The van der Waals surface area contributed by atoms with Crippen molar-refractivity contribution in [2.75, 3.05) is 0 Å². The summed E-state index contributed by atoms with van der Waals surface area (Å²) in [5.41, 5.74) is 8.87. The molecule has 0 bridgehead atoms. The fraction of sp³-hybridized carbons (Fsp3) is 0.357. The van der Waals surface area contributed by atoms with Crippen LogP contribution in [-0.4, -0.2) is 9.55 Å². The maximum atomic E-state index is 5.56. The van der Waals surface area contributed by atoms with Crippen molar-refractivity contribution in [2.45, 2.75) is 27.3 Å². The molecule has 0 aliphatic carbocycles. The molecule has 1 aromatic heterocycles. The van der Waals surface area contributed by atoms with Crippen LogP contribution in [0.25, 0.3) is 11.4 Å². The summed E-state index contributed by atoms with van der Waals surface area (Å²) in [4.78, 5) is 4.47. The average Bonchev–Trinajstić information content (AvgIpc) is 2.74. The van der Waals surface area contributed by atoms with E-state index < -0.39 is 0 Å². The SMILES string of the molecule is CC.Cc1ccc(-c2nc(CN)cn2C)cc1. The minimum Gasteiger partial charge on any atom is -0.334 e. The average molecular weight is 231 g/mol. The van der Waals surface area contributed by atoms with Gasteiger partial charge in [0.1, 0.15) is 5.82 Å². The zero-order chi connectivity index (χ0) is 12.8. The maximum absolute atomic E-state index is 5.56. The molecule has 0 spiro atoms. The fourth-order valence-electron chi connectivity index (χ4n) is 1.60. The van der Waals surface area contributed by atoms with Crippen molar-refractivity contribution in [2.24, 2.45) is 12.8 Å². The number of benzene rings is 1. The number of aromatic nitrogens is 2. The summed E-state index contributed by atoms with van der Waals surface area (Å²) in [5.74, 6) is 0.968. The van der Waals surface area contributed by atoms with Gasteiger partial charge in [-0.1, -0.05) is 43.7 Å². The van der Waals surface area contributed by atoms with E-state index in [9.17, 15) is 0 Å². The Bertz CT molecular complexity index is 455. The summed E-state index contributed by atoms with van der Waals surface area (Å²) in [6.07, 6.45) is 1.97. The molecule has 0 amide bonds. The van der Waals surface area contributed by atoms with Gasteiger partial charge in [0, 0.05) is 25.4 Å². The smallest absolute Gasteiger partial charge is 0.140 e.